The zero-order chi connectivity index (χ0) is 23.6. The highest BCUT2D eigenvalue weighted by Crippen LogP contribution is 2.22. The van der Waals surface area contributed by atoms with Crippen LogP contribution in [0.25, 0.3) is 0 Å². The van der Waals surface area contributed by atoms with Crippen LogP contribution in [-0.2, 0) is 32.1 Å². The van der Waals surface area contributed by atoms with E-state index in [1.54, 1.807) is 0 Å². The van der Waals surface area contributed by atoms with Crippen LogP contribution in [0, 0.1) is 0 Å². The summed E-state index contributed by atoms with van der Waals surface area (Å²) in [5.41, 5.74) is 6.92. The smallest absolute Gasteiger partial charge is 0.0451 e. The molecule has 0 spiro atoms. The maximum absolute atomic E-state index is 4.54. The van der Waals surface area contributed by atoms with Crippen LogP contribution in [0.15, 0.2) is 67.0 Å². The molecule has 0 bridgehead atoms. The monoisotopic (exact) mass is 456 g/mol. The van der Waals surface area contributed by atoms with Gasteiger partial charge in [0.2, 0.25) is 0 Å². The number of hydrogen-bond acceptors (Lipinski definition) is 4. The van der Waals surface area contributed by atoms with E-state index in [0.29, 0.717) is 12.1 Å². The maximum atomic E-state index is 4.54. The maximum Gasteiger partial charge on any atom is 0.0451 e. The molecule has 2 heterocycles. The van der Waals surface area contributed by atoms with Gasteiger partial charge in [0.15, 0.2) is 0 Å². The predicted octanol–water partition coefficient (Wildman–Crippen LogP) is 5.05. The number of nitrogens with one attached hydrogen (secondary N) is 1. The van der Waals surface area contributed by atoms with E-state index < -0.39 is 0 Å². The van der Waals surface area contributed by atoms with Crippen molar-refractivity contribution < 1.29 is 0 Å². The van der Waals surface area contributed by atoms with Gasteiger partial charge in [-0.3, -0.25) is 9.97 Å². The normalized spacial score (nSPS) is 19.0. The molecular weight excluding hydrogens is 416 g/mol. The van der Waals surface area contributed by atoms with Gasteiger partial charge in [-0.1, -0.05) is 49.4 Å². The van der Waals surface area contributed by atoms with Crippen molar-refractivity contribution in [2.75, 3.05) is 20.1 Å². The molecule has 0 saturated heterocycles. The molecule has 1 aromatic carbocycles. The third-order valence-corrected chi connectivity index (χ3v) is 7.25. The number of aryl methyl sites for hydroxylation is 2. The molecule has 0 saturated carbocycles. The highest BCUT2D eigenvalue weighted by Gasteiger charge is 2.22. The van der Waals surface area contributed by atoms with Gasteiger partial charge < -0.3 is 10.2 Å². The van der Waals surface area contributed by atoms with Crippen molar-refractivity contribution in [1.29, 1.82) is 0 Å². The molecule has 34 heavy (non-hydrogen) atoms. The summed E-state index contributed by atoms with van der Waals surface area (Å²) >= 11 is 0. The molecule has 3 aromatic rings. The molecule has 1 N–H and O–H groups in total. The third kappa shape index (κ3) is 6.97. The number of pyridine rings is 2. The van der Waals surface area contributed by atoms with Crippen LogP contribution < -0.4 is 5.32 Å². The van der Waals surface area contributed by atoms with Crippen molar-refractivity contribution in [3.8, 4) is 0 Å². The molecule has 0 fully saturated rings. The fraction of sp³-hybridized carbons (Fsp3) is 0.467. The second-order valence-corrected chi connectivity index (χ2v) is 9.73. The Kier molecular flexibility index (Phi) is 9.23. The van der Waals surface area contributed by atoms with Crippen molar-refractivity contribution in [1.82, 2.24) is 20.2 Å². The Balaban J connectivity index is 0.000000172. The van der Waals surface area contributed by atoms with Gasteiger partial charge in [0, 0.05) is 55.3 Å². The molecule has 2 aromatic heterocycles. The molecule has 4 heteroatoms. The Hall–Kier alpha value is -2.56. The molecule has 0 aliphatic heterocycles. The van der Waals surface area contributed by atoms with E-state index in [-0.39, 0.29) is 0 Å². The molecule has 180 valence electrons. The quantitative estimate of drug-likeness (QED) is 0.540. The second kappa shape index (κ2) is 12.8. The topological polar surface area (TPSA) is 41.1 Å². The molecular formula is C30H40N4. The number of hydrogen-bond donors (Lipinski definition) is 1. The highest BCUT2D eigenvalue weighted by molar-refractivity contribution is 5.24. The summed E-state index contributed by atoms with van der Waals surface area (Å²) in [7, 11) is 2.25. The van der Waals surface area contributed by atoms with E-state index >= 15 is 0 Å². The van der Waals surface area contributed by atoms with Gasteiger partial charge in [0.05, 0.1) is 0 Å². The third-order valence-electron chi connectivity index (χ3n) is 7.25. The number of rotatable bonds is 7. The van der Waals surface area contributed by atoms with Crippen molar-refractivity contribution in [3.63, 3.8) is 0 Å². The SMILES string of the molecule is CCCNC1CCc2cccnc2C1.CN(CCc1ccccc1)C1CCc2cccnc2C1. The van der Waals surface area contributed by atoms with Crippen molar-refractivity contribution in [2.24, 2.45) is 0 Å². The summed E-state index contributed by atoms with van der Waals surface area (Å²) in [5, 5.41) is 3.57. The standard InChI is InChI=1S/C18H22N2.C12H18N2/c1-20(13-11-15-6-3-2-4-7-15)17-10-9-16-8-5-12-19-18(16)14-17;1-2-7-13-11-6-5-10-4-3-8-14-12(10)9-11/h2-8,12,17H,9-11,13-14H2,1H3;3-4,8,11,13H,2,5-7,9H2,1H3. The minimum atomic E-state index is 0.640. The first kappa shape index (κ1) is 24.6. The van der Waals surface area contributed by atoms with Crippen LogP contribution in [0.2, 0.25) is 0 Å². The Labute approximate surface area is 205 Å². The number of likely N-dealkylation sites (N-methyl/N-ethyl adjacent to an activating group) is 1. The first-order chi connectivity index (χ1) is 16.7. The lowest BCUT2D eigenvalue weighted by molar-refractivity contribution is 0.222. The van der Waals surface area contributed by atoms with Gasteiger partial charge >= 0.3 is 0 Å². The molecule has 5 rings (SSSR count). The molecule has 4 nitrogen and oxygen atoms in total. The van der Waals surface area contributed by atoms with Crippen LogP contribution in [-0.4, -0.2) is 47.1 Å². The first-order valence-corrected chi connectivity index (χ1v) is 13.1. The van der Waals surface area contributed by atoms with Gasteiger partial charge in [-0.25, -0.2) is 0 Å². The molecule has 0 radical (unpaired) electrons. The molecule has 2 atom stereocenters. The van der Waals surface area contributed by atoms with E-state index in [0.717, 1.165) is 32.4 Å². The van der Waals surface area contributed by atoms with Crippen molar-refractivity contribution >= 4 is 0 Å². The van der Waals surface area contributed by atoms with Crippen LogP contribution in [0.4, 0.5) is 0 Å². The van der Waals surface area contributed by atoms with E-state index in [1.807, 2.05) is 18.5 Å². The van der Waals surface area contributed by atoms with Crippen molar-refractivity contribution in [3.05, 3.63) is 95.1 Å². The van der Waals surface area contributed by atoms with Gasteiger partial charge in [-0.05, 0) is 80.9 Å². The minimum Gasteiger partial charge on any atom is -0.314 e. The van der Waals surface area contributed by atoms with Crippen LogP contribution >= 0.6 is 0 Å². The summed E-state index contributed by atoms with van der Waals surface area (Å²) in [6, 6.07) is 20.6. The summed E-state index contributed by atoms with van der Waals surface area (Å²) in [6.07, 6.45) is 13.2. The van der Waals surface area contributed by atoms with Crippen LogP contribution in [0.5, 0.6) is 0 Å². The van der Waals surface area contributed by atoms with Crippen molar-refractivity contribution in [2.45, 2.75) is 70.4 Å². The Bertz CT molecular complexity index is 1000. The average Bonchev–Trinajstić information content (AvgIpc) is 2.91. The second-order valence-electron chi connectivity index (χ2n) is 9.73. The average molecular weight is 457 g/mol. The summed E-state index contributed by atoms with van der Waals surface area (Å²) < 4.78 is 0. The van der Waals surface area contributed by atoms with E-state index in [9.17, 15) is 0 Å². The fourth-order valence-corrected chi connectivity index (χ4v) is 5.11. The molecule has 2 aliphatic rings. The molecule has 0 amide bonds. The number of fused-ring (bicyclic) bond motifs is 2. The van der Waals surface area contributed by atoms with E-state index in [4.69, 9.17) is 0 Å². The first-order valence-electron chi connectivity index (χ1n) is 13.1. The highest BCUT2D eigenvalue weighted by atomic mass is 15.1. The van der Waals surface area contributed by atoms with Crippen LogP contribution in [0.3, 0.4) is 0 Å². The zero-order valence-electron chi connectivity index (χ0n) is 20.9. The Morgan fingerprint density at radius 2 is 1.53 bits per heavy atom. The van der Waals surface area contributed by atoms with Gasteiger partial charge in [-0.2, -0.15) is 0 Å². The lowest BCUT2D eigenvalue weighted by Gasteiger charge is -2.31. The summed E-state index contributed by atoms with van der Waals surface area (Å²) in [5.74, 6) is 0. The van der Waals surface area contributed by atoms with Gasteiger partial charge in [0.1, 0.15) is 0 Å². The molecule has 2 aliphatic carbocycles. The van der Waals surface area contributed by atoms with E-state index in [1.165, 1.54) is 60.2 Å². The largest absolute Gasteiger partial charge is 0.314 e. The summed E-state index contributed by atoms with van der Waals surface area (Å²) in [4.78, 5) is 11.5. The Morgan fingerprint density at radius 3 is 2.24 bits per heavy atom. The Morgan fingerprint density at radius 1 is 0.853 bits per heavy atom. The number of nitrogens with zero attached hydrogens (tertiary/aromatic N) is 3. The van der Waals surface area contributed by atoms with E-state index in [2.05, 4.69) is 82.7 Å². The zero-order valence-corrected chi connectivity index (χ0v) is 20.9. The number of aromatic nitrogens is 2. The predicted molar refractivity (Wildman–Crippen MR) is 141 cm³/mol. The minimum absolute atomic E-state index is 0.640. The lowest BCUT2D eigenvalue weighted by Crippen LogP contribution is -2.38. The van der Waals surface area contributed by atoms with Gasteiger partial charge in [-0.15, -0.1) is 0 Å². The molecule has 2 unspecified atom stereocenters. The lowest BCUT2D eigenvalue weighted by atomic mass is 9.91. The number of benzene rings is 1. The van der Waals surface area contributed by atoms with Gasteiger partial charge in [0.25, 0.3) is 0 Å². The fourth-order valence-electron chi connectivity index (χ4n) is 5.11. The summed E-state index contributed by atoms with van der Waals surface area (Å²) in [6.45, 7) is 4.46. The van der Waals surface area contributed by atoms with Crippen LogP contribution in [0.1, 0.15) is 54.3 Å².